The van der Waals surface area contributed by atoms with E-state index < -0.39 is 0 Å². The highest BCUT2D eigenvalue weighted by Gasteiger charge is 2.12. The molecule has 0 fully saturated rings. The van der Waals surface area contributed by atoms with Crippen LogP contribution in [0.1, 0.15) is 27.3 Å². The maximum Gasteiger partial charge on any atom is 0.283 e. The largest absolute Gasteiger partial charge is 0.289 e. The van der Waals surface area contributed by atoms with Gasteiger partial charge in [-0.3, -0.25) is 14.9 Å². The molecule has 5 heteroatoms. The number of hydrazine groups is 1. The van der Waals surface area contributed by atoms with Gasteiger partial charge < -0.3 is 0 Å². The maximum absolute atomic E-state index is 11.6. The molecule has 0 radical (unpaired) electrons. The number of benzene rings is 1. The molecule has 94 valence electrons. The van der Waals surface area contributed by atoms with Crippen LogP contribution in [-0.4, -0.2) is 15.7 Å². The minimum absolute atomic E-state index is 0.331. The summed E-state index contributed by atoms with van der Waals surface area (Å²) in [4.78, 5) is 11.6. The van der Waals surface area contributed by atoms with Gasteiger partial charge in [0.1, 0.15) is 5.69 Å². The number of nitrogen functional groups attached to an aromatic ring is 1. The van der Waals surface area contributed by atoms with Crippen LogP contribution >= 0.6 is 0 Å². The second kappa shape index (κ2) is 5.01. The average Bonchev–Trinajstić information content (AvgIpc) is 2.72. The fourth-order valence-corrected chi connectivity index (χ4v) is 1.79. The quantitative estimate of drug-likeness (QED) is 0.483. The first-order valence-corrected chi connectivity index (χ1v) is 5.71. The van der Waals surface area contributed by atoms with Crippen molar-refractivity contribution in [2.75, 3.05) is 0 Å². The van der Waals surface area contributed by atoms with Crippen LogP contribution in [0.25, 0.3) is 0 Å². The van der Waals surface area contributed by atoms with Gasteiger partial charge in [-0.05, 0) is 25.5 Å². The van der Waals surface area contributed by atoms with E-state index in [0.717, 1.165) is 11.3 Å². The Balaban J connectivity index is 2.28. The summed E-state index contributed by atoms with van der Waals surface area (Å²) < 4.78 is 1.65. The molecule has 5 nitrogen and oxygen atoms in total. The molecule has 2 rings (SSSR count). The third-order valence-corrected chi connectivity index (χ3v) is 2.72. The van der Waals surface area contributed by atoms with Crippen molar-refractivity contribution in [3.05, 3.63) is 52.8 Å². The number of rotatable bonds is 3. The van der Waals surface area contributed by atoms with Crippen LogP contribution in [0, 0.1) is 13.8 Å². The summed E-state index contributed by atoms with van der Waals surface area (Å²) in [7, 11) is 0. The smallest absolute Gasteiger partial charge is 0.283 e. The fraction of sp³-hybridized carbons (Fsp3) is 0.231. The minimum Gasteiger partial charge on any atom is -0.289 e. The predicted molar refractivity (Wildman–Crippen MR) is 68.9 cm³/mol. The van der Waals surface area contributed by atoms with E-state index in [1.165, 1.54) is 5.56 Å². The SMILES string of the molecule is Cc1ccc(Cn2nc(C)cc2C(=O)NN)cc1. The van der Waals surface area contributed by atoms with Gasteiger partial charge in [0.05, 0.1) is 12.2 Å². The normalized spacial score (nSPS) is 10.4. The lowest BCUT2D eigenvalue weighted by Gasteiger charge is -2.06. The number of amides is 1. The summed E-state index contributed by atoms with van der Waals surface area (Å²) in [6, 6.07) is 9.84. The Morgan fingerprint density at radius 3 is 2.61 bits per heavy atom. The number of carbonyl (C=O) groups is 1. The molecule has 0 aliphatic rings. The lowest BCUT2D eigenvalue weighted by molar-refractivity contribution is 0.0943. The van der Waals surface area contributed by atoms with Gasteiger partial charge in [-0.25, -0.2) is 5.84 Å². The molecular formula is C13H16N4O. The Morgan fingerprint density at radius 1 is 1.33 bits per heavy atom. The third-order valence-electron chi connectivity index (χ3n) is 2.72. The molecule has 1 aromatic heterocycles. The number of carbonyl (C=O) groups excluding carboxylic acids is 1. The Morgan fingerprint density at radius 2 is 2.00 bits per heavy atom. The minimum atomic E-state index is -0.331. The topological polar surface area (TPSA) is 72.9 Å². The molecule has 1 amide bonds. The molecule has 0 aliphatic heterocycles. The van der Waals surface area contributed by atoms with Gasteiger partial charge in [0.2, 0.25) is 0 Å². The maximum atomic E-state index is 11.6. The molecule has 0 atom stereocenters. The van der Waals surface area contributed by atoms with Crippen molar-refractivity contribution in [2.24, 2.45) is 5.84 Å². The summed E-state index contributed by atoms with van der Waals surface area (Å²) in [5.41, 5.74) is 5.69. The first kappa shape index (κ1) is 12.3. The molecule has 18 heavy (non-hydrogen) atoms. The van der Waals surface area contributed by atoms with E-state index in [0.29, 0.717) is 12.2 Å². The van der Waals surface area contributed by atoms with Crippen LogP contribution in [0.4, 0.5) is 0 Å². The molecule has 1 aromatic carbocycles. The lowest BCUT2D eigenvalue weighted by Crippen LogP contribution is -2.32. The second-order valence-corrected chi connectivity index (χ2v) is 4.29. The molecule has 0 bridgehead atoms. The average molecular weight is 244 g/mol. The molecule has 3 N–H and O–H groups in total. The van der Waals surface area contributed by atoms with Crippen molar-refractivity contribution >= 4 is 5.91 Å². The van der Waals surface area contributed by atoms with Gasteiger partial charge in [0.25, 0.3) is 5.91 Å². The number of aromatic nitrogens is 2. The van der Waals surface area contributed by atoms with Crippen molar-refractivity contribution in [2.45, 2.75) is 20.4 Å². The number of nitrogens with one attached hydrogen (secondary N) is 1. The van der Waals surface area contributed by atoms with Gasteiger partial charge >= 0.3 is 0 Å². The Hall–Kier alpha value is -2.14. The Kier molecular flexibility index (Phi) is 3.43. The van der Waals surface area contributed by atoms with Crippen LogP contribution in [0.2, 0.25) is 0 Å². The van der Waals surface area contributed by atoms with Crippen LogP contribution in [0.3, 0.4) is 0 Å². The standard InChI is InChI=1S/C13H16N4O/c1-9-3-5-11(6-4-9)8-17-12(13(18)15-14)7-10(2)16-17/h3-7H,8,14H2,1-2H3,(H,15,18). The zero-order chi connectivity index (χ0) is 13.1. The van der Waals surface area contributed by atoms with Crippen LogP contribution in [-0.2, 0) is 6.54 Å². The van der Waals surface area contributed by atoms with E-state index in [1.54, 1.807) is 10.7 Å². The van der Waals surface area contributed by atoms with Crippen molar-refractivity contribution in [1.29, 1.82) is 0 Å². The number of aryl methyl sites for hydroxylation is 2. The fourth-order valence-electron chi connectivity index (χ4n) is 1.79. The molecule has 0 aliphatic carbocycles. The van der Waals surface area contributed by atoms with E-state index in [4.69, 9.17) is 5.84 Å². The van der Waals surface area contributed by atoms with Crippen LogP contribution in [0.15, 0.2) is 30.3 Å². The number of nitrogens with two attached hydrogens (primary N) is 1. The number of nitrogens with zero attached hydrogens (tertiary/aromatic N) is 2. The Labute approximate surface area is 106 Å². The van der Waals surface area contributed by atoms with Crippen molar-refractivity contribution in [3.63, 3.8) is 0 Å². The van der Waals surface area contributed by atoms with Crippen molar-refractivity contribution in [3.8, 4) is 0 Å². The van der Waals surface area contributed by atoms with Crippen molar-refractivity contribution in [1.82, 2.24) is 15.2 Å². The zero-order valence-electron chi connectivity index (χ0n) is 10.5. The predicted octanol–water partition coefficient (Wildman–Crippen LogP) is 1.15. The van der Waals surface area contributed by atoms with E-state index in [1.807, 2.05) is 38.1 Å². The van der Waals surface area contributed by atoms with Gasteiger partial charge in [0, 0.05) is 0 Å². The van der Waals surface area contributed by atoms with E-state index >= 15 is 0 Å². The monoisotopic (exact) mass is 244 g/mol. The molecule has 1 heterocycles. The first-order valence-electron chi connectivity index (χ1n) is 5.71. The van der Waals surface area contributed by atoms with E-state index in [2.05, 4.69) is 10.5 Å². The lowest BCUT2D eigenvalue weighted by atomic mass is 10.1. The summed E-state index contributed by atoms with van der Waals surface area (Å²) in [5, 5.41) is 4.30. The first-order chi connectivity index (χ1) is 8.60. The number of hydrogen-bond donors (Lipinski definition) is 2. The van der Waals surface area contributed by atoms with Crippen LogP contribution in [0.5, 0.6) is 0 Å². The molecule has 0 unspecified atom stereocenters. The highest BCUT2D eigenvalue weighted by atomic mass is 16.2. The summed E-state index contributed by atoms with van der Waals surface area (Å²) in [6.07, 6.45) is 0. The highest BCUT2D eigenvalue weighted by molar-refractivity contribution is 5.92. The molecule has 0 saturated carbocycles. The zero-order valence-corrected chi connectivity index (χ0v) is 10.5. The van der Waals surface area contributed by atoms with E-state index in [9.17, 15) is 4.79 Å². The highest BCUT2D eigenvalue weighted by Crippen LogP contribution is 2.09. The van der Waals surface area contributed by atoms with Gasteiger partial charge in [-0.15, -0.1) is 0 Å². The molecular weight excluding hydrogens is 228 g/mol. The third kappa shape index (κ3) is 2.57. The van der Waals surface area contributed by atoms with Crippen LogP contribution < -0.4 is 11.3 Å². The van der Waals surface area contributed by atoms with Gasteiger partial charge in [0.15, 0.2) is 0 Å². The molecule has 0 spiro atoms. The van der Waals surface area contributed by atoms with Gasteiger partial charge in [-0.2, -0.15) is 5.10 Å². The molecule has 2 aromatic rings. The molecule has 0 saturated heterocycles. The van der Waals surface area contributed by atoms with Gasteiger partial charge in [-0.1, -0.05) is 29.8 Å². The van der Waals surface area contributed by atoms with E-state index in [-0.39, 0.29) is 5.91 Å². The second-order valence-electron chi connectivity index (χ2n) is 4.29. The van der Waals surface area contributed by atoms with Crippen molar-refractivity contribution < 1.29 is 4.79 Å². The summed E-state index contributed by atoms with van der Waals surface area (Å²) in [5.74, 6) is 4.82. The summed E-state index contributed by atoms with van der Waals surface area (Å²) in [6.45, 7) is 4.44. The number of hydrogen-bond acceptors (Lipinski definition) is 3. The summed E-state index contributed by atoms with van der Waals surface area (Å²) >= 11 is 0. The Bertz CT molecular complexity index is 557.